The molecule has 1 unspecified atom stereocenters. The second-order valence-electron chi connectivity index (χ2n) is 6.25. The predicted molar refractivity (Wildman–Crippen MR) is 106 cm³/mol. The van der Waals surface area contributed by atoms with Gasteiger partial charge in [0.2, 0.25) is 0 Å². The van der Waals surface area contributed by atoms with Crippen molar-refractivity contribution in [2.24, 2.45) is 0 Å². The van der Waals surface area contributed by atoms with Gasteiger partial charge < -0.3 is 15.5 Å². The molecule has 1 aliphatic heterocycles. The summed E-state index contributed by atoms with van der Waals surface area (Å²) in [6.07, 6.45) is 0.895. The number of carbonyl (C=O) groups is 1. The van der Waals surface area contributed by atoms with Crippen LogP contribution in [0.2, 0.25) is 5.02 Å². The van der Waals surface area contributed by atoms with E-state index in [1.54, 1.807) is 17.0 Å². The van der Waals surface area contributed by atoms with Crippen LogP contribution < -0.4 is 10.6 Å². The van der Waals surface area contributed by atoms with E-state index in [4.69, 9.17) is 11.6 Å². The SMILES string of the molecule is O=C(c1ccc(Br)c(F)c1)N1CCC(NCCNc2ccc(Cl)cc2)C1. The van der Waals surface area contributed by atoms with Crippen LogP contribution in [0.3, 0.4) is 0 Å². The zero-order chi connectivity index (χ0) is 18.5. The van der Waals surface area contributed by atoms with Crippen molar-refractivity contribution >= 4 is 39.1 Å². The lowest BCUT2D eigenvalue weighted by Gasteiger charge is -2.17. The van der Waals surface area contributed by atoms with Crippen molar-refractivity contribution in [3.8, 4) is 0 Å². The summed E-state index contributed by atoms with van der Waals surface area (Å²) in [5.41, 5.74) is 1.41. The van der Waals surface area contributed by atoms with E-state index in [9.17, 15) is 9.18 Å². The van der Waals surface area contributed by atoms with E-state index < -0.39 is 5.82 Å². The second kappa shape index (κ2) is 8.84. The molecule has 1 saturated heterocycles. The molecule has 2 N–H and O–H groups in total. The van der Waals surface area contributed by atoms with Gasteiger partial charge in [0, 0.05) is 48.5 Å². The van der Waals surface area contributed by atoms with Crippen LogP contribution >= 0.6 is 27.5 Å². The van der Waals surface area contributed by atoms with Crippen molar-refractivity contribution in [2.45, 2.75) is 12.5 Å². The molecule has 0 radical (unpaired) electrons. The fourth-order valence-electron chi connectivity index (χ4n) is 2.97. The number of carbonyl (C=O) groups excluding carboxylic acids is 1. The van der Waals surface area contributed by atoms with Gasteiger partial charge in [-0.05, 0) is 64.8 Å². The van der Waals surface area contributed by atoms with Crippen LogP contribution in [0.25, 0.3) is 0 Å². The Labute approximate surface area is 165 Å². The van der Waals surface area contributed by atoms with Crippen LogP contribution in [0, 0.1) is 5.82 Å². The van der Waals surface area contributed by atoms with Crippen LogP contribution in [0.15, 0.2) is 46.9 Å². The van der Waals surface area contributed by atoms with Crippen molar-refractivity contribution in [3.63, 3.8) is 0 Å². The van der Waals surface area contributed by atoms with E-state index in [0.717, 1.165) is 30.2 Å². The van der Waals surface area contributed by atoms with Gasteiger partial charge in [-0.2, -0.15) is 0 Å². The molecule has 138 valence electrons. The van der Waals surface area contributed by atoms with Crippen LogP contribution in [-0.4, -0.2) is 43.0 Å². The Hall–Kier alpha value is -1.63. The van der Waals surface area contributed by atoms with E-state index in [1.807, 2.05) is 24.3 Å². The van der Waals surface area contributed by atoms with E-state index in [2.05, 4.69) is 26.6 Å². The summed E-state index contributed by atoms with van der Waals surface area (Å²) in [7, 11) is 0. The fourth-order valence-corrected chi connectivity index (χ4v) is 3.35. The molecule has 0 aliphatic carbocycles. The molecular formula is C19H20BrClFN3O. The molecule has 2 aromatic carbocycles. The minimum Gasteiger partial charge on any atom is -0.384 e. The Balaban J connectivity index is 1.42. The third-order valence-electron chi connectivity index (χ3n) is 4.37. The quantitative estimate of drug-likeness (QED) is 0.663. The Kier molecular flexibility index (Phi) is 6.51. The van der Waals surface area contributed by atoms with Crippen molar-refractivity contribution in [3.05, 3.63) is 63.3 Å². The van der Waals surface area contributed by atoms with Crippen molar-refractivity contribution < 1.29 is 9.18 Å². The number of anilines is 1. The minimum absolute atomic E-state index is 0.125. The second-order valence-corrected chi connectivity index (χ2v) is 7.54. The average Bonchev–Trinajstić information content (AvgIpc) is 3.11. The van der Waals surface area contributed by atoms with Crippen LogP contribution in [0.5, 0.6) is 0 Å². The fraction of sp³-hybridized carbons (Fsp3) is 0.316. The van der Waals surface area contributed by atoms with Crippen LogP contribution in [-0.2, 0) is 0 Å². The number of amides is 1. The highest BCUT2D eigenvalue weighted by atomic mass is 79.9. The van der Waals surface area contributed by atoms with Gasteiger partial charge in [-0.25, -0.2) is 4.39 Å². The molecule has 4 nitrogen and oxygen atoms in total. The predicted octanol–water partition coefficient (Wildman–Crippen LogP) is 4.16. The summed E-state index contributed by atoms with van der Waals surface area (Å²) in [6.45, 7) is 2.89. The van der Waals surface area contributed by atoms with Gasteiger partial charge >= 0.3 is 0 Å². The lowest BCUT2D eigenvalue weighted by molar-refractivity contribution is 0.0789. The number of nitrogens with zero attached hydrogens (tertiary/aromatic N) is 1. The Morgan fingerprint density at radius 2 is 2.00 bits per heavy atom. The summed E-state index contributed by atoms with van der Waals surface area (Å²) in [5, 5.41) is 7.49. The summed E-state index contributed by atoms with van der Waals surface area (Å²) < 4.78 is 14.0. The molecule has 0 bridgehead atoms. The number of rotatable bonds is 6. The molecule has 0 aromatic heterocycles. The first-order valence-corrected chi connectivity index (χ1v) is 9.67. The third-order valence-corrected chi connectivity index (χ3v) is 5.27. The van der Waals surface area contributed by atoms with Gasteiger partial charge in [0.05, 0.1) is 4.47 Å². The van der Waals surface area contributed by atoms with Gasteiger partial charge in [0.1, 0.15) is 5.82 Å². The first-order chi connectivity index (χ1) is 12.5. The van der Waals surface area contributed by atoms with Gasteiger partial charge in [-0.3, -0.25) is 4.79 Å². The monoisotopic (exact) mass is 439 g/mol. The molecule has 2 aromatic rings. The first kappa shape index (κ1) is 19.1. The molecule has 0 spiro atoms. The van der Waals surface area contributed by atoms with E-state index in [-0.39, 0.29) is 11.9 Å². The zero-order valence-electron chi connectivity index (χ0n) is 14.1. The number of benzene rings is 2. The highest BCUT2D eigenvalue weighted by molar-refractivity contribution is 9.10. The van der Waals surface area contributed by atoms with Crippen LogP contribution in [0.4, 0.5) is 10.1 Å². The molecule has 1 heterocycles. The van der Waals surface area contributed by atoms with Crippen LogP contribution in [0.1, 0.15) is 16.8 Å². The van der Waals surface area contributed by atoms with Gasteiger partial charge in [-0.1, -0.05) is 11.6 Å². The normalized spacial score (nSPS) is 16.7. The minimum atomic E-state index is -0.419. The zero-order valence-corrected chi connectivity index (χ0v) is 16.5. The lowest BCUT2D eigenvalue weighted by atomic mass is 10.2. The number of likely N-dealkylation sites (tertiary alicyclic amines) is 1. The van der Waals surface area contributed by atoms with E-state index in [1.165, 1.54) is 6.07 Å². The van der Waals surface area contributed by atoms with Gasteiger partial charge in [0.15, 0.2) is 0 Å². The maximum absolute atomic E-state index is 13.6. The average molecular weight is 441 g/mol. The topological polar surface area (TPSA) is 44.4 Å². The largest absolute Gasteiger partial charge is 0.384 e. The highest BCUT2D eigenvalue weighted by Crippen LogP contribution is 2.19. The van der Waals surface area contributed by atoms with Crippen molar-refractivity contribution in [2.75, 3.05) is 31.5 Å². The summed E-state index contributed by atoms with van der Waals surface area (Å²) in [5.74, 6) is -0.544. The Morgan fingerprint density at radius 1 is 1.23 bits per heavy atom. The first-order valence-electron chi connectivity index (χ1n) is 8.50. The molecule has 7 heteroatoms. The molecule has 1 amide bonds. The standard InChI is InChI=1S/C19H20BrClFN3O/c20-17-6-1-13(11-18(17)22)19(26)25-10-7-16(12-25)24-9-8-23-15-4-2-14(21)3-5-15/h1-6,11,16,23-24H,7-10,12H2. The number of nitrogens with one attached hydrogen (secondary N) is 2. The Bertz CT molecular complexity index is 772. The molecule has 1 fully saturated rings. The number of hydrogen-bond donors (Lipinski definition) is 2. The molecular weight excluding hydrogens is 421 g/mol. The molecule has 0 saturated carbocycles. The van der Waals surface area contributed by atoms with Crippen molar-refractivity contribution in [1.82, 2.24) is 10.2 Å². The third kappa shape index (κ3) is 4.96. The summed E-state index contributed by atoms with van der Waals surface area (Å²) in [6, 6.07) is 12.3. The summed E-state index contributed by atoms with van der Waals surface area (Å²) >= 11 is 8.97. The molecule has 1 atom stereocenters. The van der Waals surface area contributed by atoms with Gasteiger partial charge in [-0.15, -0.1) is 0 Å². The van der Waals surface area contributed by atoms with E-state index >= 15 is 0 Å². The molecule has 3 rings (SSSR count). The number of halogens is 3. The molecule has 26 heavy (non-hydrogen) atoms. The lowest BCUT2D eigenvalue weighted by Crippen LogP contribution is -2.37. The smallest absolute Gasteiger partial charge is 0.254 e. The molecule has 1 aliphatic rings. The Morgan fingerprint density at radius 3 is 2.73 bits per heavy atom. The maximum Gasteiger partial charge on any atom is 0.254 e. The van der Waals surface area contributed by atoms with Gasteiger partial charge in [0.25, 0.3) is 5.91 Å². The maximum atomic E-state index is 13.6. The number of hydrogen-bond acceptors (Lipinski definition) is 3. The van der Waals surface area contributed by atoms with Crippen molar-refractivity contribution in [1.29, 1.82) is 0 Å². The highest BCUT2D eigenvalue weighted by Gasteiger charge is 2.26. The van der Waals surface area contributed by atoms with E-state index in [0.29, 0.717) is 23.1 Å². The summed E-state index contributed by atoms with van der Waals surface area (Å²) in [4.78, 5) is 14.3.